The highest BCUT2D eigenvalue weighted by Gasteiger charge is 2.41. The average molecular weight is 451 g/mol. The van der Waals surface area contributed by atoms with E-state index in [4.69, 9.17) is 4.42 Å². The van der Waals surface area contributed by atoms with Gasteiger partial charge in [0, 0.05) is 17.1 Å². The first-order valence-electron chi connectivity index (χ1n) is 8.74. The number of hydrogen-bond donors (Lipinski definition) is 0. The van der Waals surface area contributed by atoms with Crippen molar-refractivity contribution in [2.45, 2.75) is 0 Å². The third-order valence-corrected chi connectivity index (χ3v) is 4.98. The van der Waals surface area contributed by atoms with Crippen LogP contribution in [-0.4, -0.2) is 29.8 Å². The maximum absolute atomic E-state index is 13.0. The van der Waals surface area contributed by atoms with E-state index in [0.29, 0.717) is 17.2 Å². The number of hydrogen-bond acceptors (Lipinski definition) is 4. The number of nitrogens with zero attached hydrogens (tertiary/aromatic N) is 2. The normalized spacial score (nSPS) is 16.1. The van der Waals surface area contributed by atoms with Crippen LogP contribution in [0.25, 0.3) is 17.4 Å². The Balaban J connectivity index is 1.71. The van der Waals surface area contributed by atoms with Gasteiger partial charge in [-0.2, -0.15) is 0 Å². The summed E-state index contributed by atoms with van der Waals surface area (Å²) in [5.41, 5.74) is 1.09. The summed E-state index contributed by atoms with van der Waals surface area (Å²) in [6.45, 7) is 0. The summed E-state index contributed by atoms with van der Waals surface area (Å²) in [5.74, 6) is -0.428. The van der Waals surface area contributed by atoms with Crippen molar-refractivity contribution in [1.29, 1.82) is 0 Å². The largest absolute Gasteiger partial charge is 0.457 e. The average Bonchev–Trinajstić information content (AvgIpc) is 3.19. The van der Waals surface area contributed by atoms with Crippen molar-refractivity contribution in [2.24, 2.45) is 0 Å². The number of rotatable bonds is 3. The molecule has 1 aliphatic rings. The van der Waals surface area contributed by atoms with E-state index in [-0.39, 0.29) is 5.57 Å². The molecule has 1 aromatic heterocycles. The molecule has 144 valence electrons. The SMILES string of the molecule is CN1C(=O)/C(=C\c2ccc(-c3cccc(Br)c3)o2)C(=O)N(c2ccccc2)C1=O. The monoisotopic (exact) mass is 450 g/mol. The molecule has 1 aliphatic heterocycles. The highest BCUT2D eigenvalue weighted by molar-refractivity contribution is 9.10. The Bertz CT molecular complexity index is 1150. The van der Waals surface area contributed by atoms with Crippen LogP contribution in [0.4, 0.5) is 10.5 Å². The Morgan fingerprint density at radius 3 is 2.38 bits per heavy atom. The van der Waals surface area contributed by atoms with Gasteiger partial charge in [-0.25, -0.2) is 9.69 Å². The van der Waals surface area contributed by atoms with Crippen molar-refractivity contribution in [1.82, 2.24) is 4.90 Å². The summed E-state index contributed by atoms with van der Waals surface area (Å²) in [5, 5.41) is 0. The lowest BCUT2D eigenvalue weighted by Crippen LogP contribution is -2.55. The third-order valence-electron chi connectivity index (χ3n) is 4.48. The summed E-state index contributed by atoms with van der Waals surface area (Å²) in [7, 11) is 1.34. The van der Waals surface area contributed by atoms with E-state index < -0.39 is 17.8 Å². The van der Waals surface area contributed by atoms with Gasteiger partial charge in [-0.05, 0) is 42.5 Å². The van der Waals surface area contributed by atoms with E-state index in [1.54, 1.807) is 42.5 Å². The fourth-order valence-electron chi connectivity index (χ4n) is 3.01. The summed E-state index contributed by atoms with van der Waals surface area (Å²) in [4.78, 5) is 40.0. The molecule has 2 heterocycles. The van der Waals surface area contributed by atoms with Gasteiger partial charge >= 0.3 is 6.03 Å². The van der Waals surface area contributed by atoms with Gasteiger partial charge in [0.1, 0.15) is 17.1 Å². The third kappa shape index (κ3) is 3.52. The number of likely N-dealkylation sites (N-methyl/N-ethyl adjacent to an activating group) is 1. The summed E-state index contributed by atoms with van der Waals surface area (Å²) in [6.07, 6.45) is 1.37. The van der Waals surface area contributed by atoms with Gasteiger partial charge in [0.25, 0.3) is 11.8 Å². The zero-order valence-corrected chi connectivity index (χ0v) is 16.9. The van der Waals surface area contributed by atoms with Crippen molar-refractivity contribution in [3.8, 4) is 11.3 Å². The van der Waals surface area contributed by atoms with E-state index in [2.05, 4.69) is 15.9 Å². The standard InChI is InChI=1S/C22H15BrN2O4/c1-24-20(26)18(21(27)25(22(24)28)16-8-3-2-4-9-16)13-17-10-11-19(29-17)14-6-5-7-15(23)12-14/h2-13H,1H3/b18-13+. The summed E-state index contributed by atoms with van der Waals surface area (Å²) < 4.78 is 6.71. The van der Waals surface area contributed by atoms with E-state index in [9.17, 15) is 14.4 Å². The number of imide groups is 2. The van der Waals surface area contributed by atoms with E-state index in [1.165, 1.54) is 13.1 Å². The number of carbonyl (C=O) groups excluding carboxylic acids is 3. The Labute approximate surface area is 175 Å². The second-order valence-corrected chi connectivity index (χ2v) is 7.31. The predicted molar refractivity (Wildman–Crippen MR) is 112 cm³/mol. The first-order chi connectivity index (χ1) is 14.0. The molecule has 0 unspecified atom stereocenters. The van der Waals surface area contributed by atoms with Crippen molar-refractivity contribution < 1.29 is 18.8 Å². The molecule has 0 N–H and O–H groups in total. The molecule has 0 radical (unpaired) electrons. The molecule has 7 heteroatoms. The number of urea groups is 1. The van der Waals surface area contributed by atoms with Crippen molar-refractivity contribution in [3.63, 3.8) is 0 Å². The van der Waals surface area contributed by atoms with Gasteiger partial charge in [-0.3, -0.25) is 14.5 Å². The highest BCUT2D eigenvalue weighted by Crippen LogP contribution is 2.28. The van der Waals surface area contributed by atoms with Gasteiger partial charge < -0.3 is 4.42 Å². The minimum absolute atomic E-state index is 0.147. The molecule has 1 fully saturated rings. The number of furan rings is 1. The van der Waals surface area contributed by atoms with Crippen LogP contribution in [0.1, 0.15) is 5.76 Å². The van der Waals surface area contributed by atoms with E-state index in [1.807, 2.05) is 24.3 Å². The van der Waals surface area contributed by atoms with Crippen molar-refractivity contribution in [3.05, 3.63) is 82.5 Å². The zero-order chi connectivity index (χ0) is 20.5. The van der Waals surface area contributed by atoms with Crippen LogP contribution in [0.3, 0.4) is 0 Å². The molecule has 0 atom stereocenters. The Morgan fingerprint density at radius 2 is 1.66 bits per heavy atom. The smallest absolute Gasteiger partial charge is 0.338 e. The maximum Gasteiger partial charge on any atom is 0.338 e. The van der Waals surface area contributed by atoms with Gasteiger partial charge in [0.05, 0.1) is 5.69 Å². The van der Waals surface area contributed by atoms with Crippen LogP contribution in [0, 0.1) is 0 Å². The number of amides is 4. The molecule has 0 aliphatic carbocycles. The lowest BCUT2D eigenvalue weighted by molar-refractivity contribution is -0.128. The molecule has 4 rings (SSSR count). The summed E-state index contributed by atoms with van der Waals surface area (Å²) in [6, 6.07) is 18.8. The van der Waals surface area contributed by atoms with Crippen LogP contribution in [0.2, 0.25) is 0 Å². The number of anilines is 1. The van der Waals surface area contributed by atoms with Crippen LogP contribution >= 0.6 is 15.9 Å². The maximum atomic E-state index is 13.0. The molecule has 0 saturated carbocycles. The number of halogens is 1. The molecular weight excluding hydrogens is 436 g/mol. The van der Waals surface area contributed by atoms with Gasteiger partial charge in [0.2, 0.25) is 0 Å². The second-order valence-electron chi connectivity index (χ2n) is 6.39. The molecule has 29 heavy (non-hydrogen) atoms. The molecular formula is C22H15BrN2O4. The minimum Gasteiger partial charge on any atom is -0.457 e. The first-order valence-corrected chi connectivity index (χ1v) is 9.54. The Kier molecular flexibility index (Phi) is 4.90. The van der Waals surface area contributed by atoms with Gasteiger partial charge in [0.15, 0.2) is 0 Å². The molecule has 2 aromatic carbocycles. The molecule has 4 amide bonds. The molecule has 0 spiro atoms. The number of barbiturate groups is 1. The Hall–Kier alpha value is -3.45. The number of para-hydroxylation sites is 1. The number of carbonyl (C=O) groups is 3. The molecule has 0 bridgehead atoms. The van der Waals surface area contributed by atoms with Crippen LogP contribution in [0.5, 0.6) is 0 Å². The van der Waals surface area contributed by atoms with Crippen LogP contribution in [-0.2, 0) is 9.59 Å². The predicted octanol–water partition coefficient (Wildman–Crippen LogP) is 4.72. The van der Waals surface area contributed by atoms with Gasteiger partial charge in [-0.15, -0.1) is 0 Å². The first kappa shape index (κ1) is 18.9. The van der Waals surface area contributed by atoms with Gasteiger partial charge in [-0.1, -0.05) is 46.3 Å². The topological polar surface area (TPSA) is 70.8 Å². The lowest BCUT2D eigenvalue weighted by Gasteiger charge is -2.31. The molecule has 1 saturated heterocycles. The highest BCUT2D eigenvalue weighted by atomic mass is 79.9. The van der Waals surface area contributed by atoms with E-state index >= 15 is 0 Å². The fraction of sp³-hybridized carbons (Fsp3) is 0.0455. The Morgan fingerprint density at radius 1 is 0.897 bits per heavy atom. The quantitative estimate of drug-likeness (QED) is 0.427. The molecule has 3 aromatic rings. The van der Waals surface area contributed by atoms with Crippen molar-refractivity contribution in [2.75, 3.05) is 11.9 Å². The summed E-state index contributed by atoms with van der Waals surface area (Å²) >= 11 is 3.42. The zero-order valence-electron chi connectivity index (χ0n) is 15.3. The van der Waals surface area contributed by atoms with Crippen LogP contribution in [0.15, 0.2) is 81.2 Å². The van der Waals surface area contributed by atoms with Crippen LogP contribution < -0.4 is 4.90 Å². The number of benzene rings is 2. The lowest BCUT2D eigenvalue weighted by atomic mass is 10.1. The van der Waals surface area contributed by atoms with E-state index in [0.717, 1.165) is 19.8 Å². The van der Waals surface area contributed by atoms with Crippen molar-refractivity contribution >= 4 is 45.5 Å². The molecule has 6 nitrogen and oxygen atoms in total. The minimum atomic E-state index is -0.697. The second kappa shape index (κ2) is 7.52. The fourth-order valence-corrected chi connectivity index (χ4v) is 3.41.